The van der Waals surface area contributed by atoms with Crippen LogP contribution in [0.3, 0.4) is 0 Å². The number of nitrogens with zero attached hydrogens (tertiary/aromatic N) is 3. The third-order valence-corrected chi connectivity index (χ3v) is 5.57. The number of amides is 1. The van der Waals surface area contributed by atoms with Crippen molar-refractivity contribution in [2.45, 2.75) is 24.4 Å². The van der Waals surface area contributed by atoms with E-state index >= 15 is 0 Å². The van der Waals surface area contributed by atoms with Crippen LogP contribution in [0.15, 0.2) is 73.1 Å². The van der Waals surface area contributed by atoms with E-state index in [9.17, 15) is 19.6 Å². The molecule has 2 aromatic carbocycles. The number of aliphatic hydroxyl groups is 1. The fourth-order valence-electron chi connectivity index (χ4n) is 4.17. The molecule has 150 valence electrons. The highest BCUT2D eigenvalue weighted by molar-refractivity contribution is 5.82. The summed E-state index contributed by atoms with van der Waals surface area (Å²) in [6.07, 6.45) is 3.37. The number of pyridine rings is 1. The van der Waals surface area contributed by atoms with Crippen molar-refractivity contribution in [3.05, 3.63) is 90.0 Å². The normalized spacial score (nSPS) is 20.3. The second kappa shape index (κ2) is 8.44. The first-order chi connectivity index (χ1) is 14.6. The molecule has 1 saturated heterocycles. The topological polar surface area (TPSA) is 77.2 Å². The zero-order valence-electron chi connectivity index (χ0n) is 16.1. The second-order valence-corrected chi connectivity index (χ2v) is 7.28. The maximum absolute atomic E-state index is 13.4. The van der Waals surface area contributed by atoms with Crippen LogP contribution in [-0.4, -0.2) is 39.6 Å². The summed E-state index contributed by atoms with van der Waals surface area (Å²) in [6, 6.07) is 18.3. The lowest BCUT2D eigenvalue weighted by Gasteiger charge is -2.52. The van der Waals surface area contributed by atoms with Gasteiger partial charge >= 0.3 is 0 Å². The first-order valence-corrected chi connectivity index (χ1v) is 9.69. The van der Waals surface area contributed by atoms with Gasteiger partial charge in [0.05, 0.1) is 25.1 Å². The van der Waals surface area contributed by atoms with Crippen LogP contribution in [0, 0.1) is 17.1 Å². The van der Waals surface area contributed by atoms with Gasteiger partial charge in [-0.05, 0) is 40.5 Å². The van der Waals surface area contributed by atoms with Gasteiger partial charge in [0.1, 0.15) is 11.9 Å². The second-order valence-electron chi connectivity index (χ2n) is 7.28. The predicted octanol–water partition coefficient (Wildman–Crippen LogP) is 3.31. The van der Waals surface area contributed by atoms with Gasteiger partial charge in [0.25, 0.3) is 0 Å². The largest absolute Gasteiger partial charge is 0.394 e. The van der Waals surface area contributed by atoms with E-state index < -0.39 is 12.1 Å². The van der Waals surface area contributed by atoms with Crippen molar-refractivity contribution < 1.29 is 14.3 Å². The Morgan fingerprint density at radius 2 is 1.90 bits per heavy atom. The summed E-state index contributed by atoms with van der Waals surface area (Å²) in [4.78, 5) is 18.4. The number of halogens is 1. The van der Waals surface area contributed by atoms with Crippen molar-refractivity contribution in [3.63, 3.8) is 0 Å². The molecule has 3 aromatic rings. The van der Waals surface area contributed by atoms with E-state index in [1.165, 1.54) is 17.0 Å². The summed E-state index contributed by atoms with van der Waals surface area (Å²) in [5.41, 5.74) is 3.30. The molecule has 2 heterocycles. The van der Waals surface area contributed by atoms with Crippen LogP contribution in [-0.2, 0) is 11.2 Å². The quantitative estimate of drug-likeness (QED) is 0.712. The molecule has 5 nitrogen and oxygen atoms in total. The van der Waals surface area contributed by atoms with E-state index in [1.807, 2.05) is 24.3 Å². The summed E-state index contributed by atoms with van der Waals surface area (Å²) in [5.74, 6) is -0.876. The number of nitriles is 1. The number of aromatic nitrogens is 1. The van der Waals surface area contributed by atoms with Crippen LogP contribution in [0.1, 0.15) is 17.0 Å². The lowest BCUT2D eigenvalue weighted by atomic mass is 9.73. The summed E-state index contributed by atoms with van der Waals surface area (Å²) < 4.78 is 13.4. The maximum atomic E-state index is 13.4. The number of benzene rings is 2. The number of carbonyl (C=O) groups excluding carboxylic acids is 1. The summed E-state index contributed by atoms with van der Waals surface area (Å²) >= 11 is 0. The van der Waals surface area contributed by atoms with Gasteiger partial charge in [-0.2, -0.15) is 5.26 Å². The predicted molar refractivity (Wildman–Crippen MR) is 110 cm³/mol. The molecule has 3 atom stereocenters. The van der Waals surface area contributed by atoms with E-state index in [-0.39, 0.29) is 30.7 Å². The highest BCUT2D eigenvalue weighted by atomic mass is 19.1. The molecule has 1 aromatic heterocycles. The SMILES string of the molecule is N#C[C@H]1[C@H](c2ccccc2-c2ccc(F)cc2)[C@@H](CO)N1C(=O)Cc1cccnc1. The Balaban J connectivity index is 1.65. The molecule has 1 fully saturated rings. The Morgan fingerprint density at radius 3 is 2.57 bits per heavy atom. The van der Waals surface area contributed by atoms with Crippen molar-refractivity contribution in [3.8, 4) is 17.2 Å². The Labute approximate surface area is 174 Å². The molecule has 30 heavy (non-hydrogen) atoms. The third kappa shape index (κ3) is 3.56. The summed E-state index contributed by atoms with van der Waals surface area (Å²) in [5, 5.41) is 19.9. The van der Waals surface area contributed by atoms with E-state index in [2.05, 4.69) is 11.1 Å². The van der Waals surface area contributed by atoms with Gasteiger partial charge < -0.3 is 10.0 Å². The minimum atomic E-state index is -0.687. The van der Waals surface area contributed by atoms with Crippen LogP contribution in [0.25, 0.3) is 11.1 Å². The first kappa shape index (κ1) is 19.7. The fraction of sp³-hybridized carbons (Fsp3) is 0.208. The molecule has 4 rings (SSSR count). The Morgan fingerprint density at radius 1 is 1.13 bits per heavy atom. The summed E-state index contributed by atoms with van der Waals surface area (Å²) in [6.45, 7) is -0.251. The van der Waals surface area contributed by atoms with Gasteiger partial charge in [0, 0.05) is 18.3 Å². The number of likely N-dealkylation sites (tertiary alicyclic amines) is 1. The third-order valence-electron chi connectivity index (χ3n) is 5.57. The van der Waals surface area contributed by atoms with E-state index in [0.29, 0.717) is 0 Å². The van der Waals surface area contributed by atoms with E-state index in [4.69, 9.17) is 0 Å². The Kier molecular flexibility index (Phi) is 5.55. The minimum absolute atomic E-state index is 0.120. The zero-order chi connectivity index (χ0) is 21.1. The van der Waals surface area contributed by atoms with Gasteiger partial charge in [-0.15, -0.1) is 0 Å². The smallest absolute Gasteiger partial charge is 0.228 e. The van der Waals surface area contributed by atoms with Crippen LogP contribution < -0.4 is 0 Å². The standard InChI is InChI=1S/C24H20FN3O2/c25-18-9-7-17(8-10-18)19-5-1-2-6-20(19)24-21(13-26)28(22(24)15-29)23(30)12-16-4-3-11-27-14-16/h1-11,14,21-22,24,29H,12,15H2/t21-,22+,24-/m0/s1. The molecule has 0 aliphatic carbocycles. The average molecular weight is 401 g/mol. The lowest BCUT2D eigenvalue weighted by Crippen LogP contribution is -2.65. The molecular formula is C24H20FN3O2. The molecule has 1 aliphatic heterocycles. The van der Waals surface area contributed by atoms with E-state index in [0.717, 1.165) is 22.3 Å². The number of rotatable bonds is 5. The highest BCUT2D eigenvalue weighted by Gasteiger charge is 2.52. The molecule has 0 saturated carbocycles. The molecule has 1 amide bonds. The summed E-state index contributed by atoms with van der Waals surface area (Å²) in [7, 11) is 0. The Hall–Kier alpha value is -3.56. The molecule has 6 heteroatoms. The van der Waals surface area contributed by atoms with Gasteiger partial charge in [-0.25, -0.2) is 4.39 Å². The van der Waals surface area contributed by atoms with Gasteiger partial charge in [0.2, 0.25) is 5.91 Å². The van der Waals surface area contributed by atoms with Crippen LogP contribution in [0.2, 0.25) is 0 Å². The molecular weight excluding hydrogens is 381 g/mol. The van der Waals surface area contributed by atoms with Crippen LogP contribution in [0.4, 0.5) is 4.39 Å². The number of carbonyl (C=O) groups is 1. The molecule has 0 bridgehead atoms. The molecule has 0 unspecified atom stereocenters. The van der Waals surface area contributed by atoms with Crippen LogP contribution in [0.5, 0.6) is 0 Å². The van der Waals surface area contributed by atoms with Gasteiger partial charge in [-0.3, -0.25) is 9.78 Å². The van der Waals surface area contributed by atoms with Gasteiger partial charge in [-0.1, -0.05) is 42.5 Å². The zero-order valence-corrected chi connectivity index (χ0v) is 16.1. The highest BCUT2D eigenvalue weighted by Crippen LogP contribution is 2.44. The van der Waals surface area contributed by atoms with Crippen molar-refractivity contribution in [2.24, 2.45) is 0 Å². The first-order valence-electron chi connectivity index (χ1n) is 9.69. The monoisotopic (exact) mass is 401 g/mol. The molecule has 1 N–H and O–H groups in total. The number of hydrogen-bond acceptors (Lipinski definition) is 4. The molecule has 0 radical (unpaired) electrons. The van der Waals surface area contributed by atoms with Crippen LogP contribution >= 0.6 is 0 Å². The van der Waals surface area contributed by atoms with Crippen molar-refractivity contribution >= 4 is 5.91 Å². The molecule has 0 spiro atoms. The number of aliphatic hydroxyl groups excluding tert-OH is 1. The average Bonchev–Trinajstić information content (AvgIpc) is 2.75. The van der Waals surface area contributed by atoms with Crippen molar-refractivity contribution in [1.82, 2.24) is 9.88 Å². The van der Waals surface area contributed by atoms with Crippen molar-refractivity contribution in [2.75, 3.05) is 6.61 Å². The molecule has 1 aliphatic rings. The fourth-order valence-corrected chi connectivity index (χ4v) is 4.17. The van der Waals surface area contributed by atoms with Gasteiger partial charge in [0.15, 0.2) is 0 Å². The number of hydrogen-bond donors (Lipinski definition) is 1. The Bertz CT molecular complexity index is 1080. The minimum Gasteiger partial charge on any atom is -0.394 e. The maximum Gasteiger partial charge on any atom is 0.228 e. The van der Waals surface area contributed by atoms with E-state index in [1.54, 1.807) is 36.7 Å². The van der Waals surface area contributed by atoms with Crippen molar-refractivity contribution in [1.29, 1.82) is 5.26 Å². The lowest BCUT2D eigenvalue weighted by molar-refractivity contribution is -0.146.